The first-order valence-corrected chi connectivity index (χ1v) is 6.97. The zero-order chi connectivity index (χ0) is 11.5. The van der Waals surface area contributed by atoms with Crippen LogP contribution in [-0.2, 0) is 0 Å². The maximum Gasteiger partial charge on any atom is 0.00670 e. The topological polar surface area (TPSA) is 12.0 Å². The van der Waals surface area contributed by atoms with Gasteiger partial charge in [-0.2, -0.15) is 0 Å². The Morgan fingerprint density at radius 2 is 1.53 bits per heavy atom. The molecule has 1 heteroatoms. The van der Waals surface area contributed by atoms with E-state index in [-0.39, 0.29) is 0 Å². The molecule has 0 aliphatic rings. The summed E-state index contributed by atoms with van der Waals surface area (Å²) in [4.78, 5) is 0. The Labute approximate surface area is 97.0 Å². The SMILES string of the molecule is CCCCC(CCC)NCC(C)CCC. The van der Waals surface area contributed by atoms with Crippen LogP contribution in [-0.4, -0.2) is 12.6 Å². The highest BCUT2D eigenvalue weighted by Crippen LogP contribution is 2.09. The minimum absolute atomic E-state index is 0.772. The van der Waals surface area contributed by atoms with Crippen LogP contribution in [0.3, 0.4) is 0 Å². The monoisotopic (exact) mass is 213 g/mol. The van der Waals surface area contributed by atoms with Crippen LogP contribution in [0.2, 0.25) is 0 Å². The van der Waals surface area contributed by atoms with E-state index in [1.807, 2.05) is 0 Å². The van der Waals surface area contributed by atoms with Gasteiger partial charge in [0.1, 0.15) is 0 Å². The molecule has 2 unspecified atom stereocenters. The van der Waals surface area contributed by atoms with Crippen LogP contribution in [0.25, 0.3) is 0 Å². The van der Waals surface area contributed by atoms with Gasteiger partial charge in [0.15, 0.2) is 0 Å². The molecule has 0 aromatic heterocycles. The third kappa shape index (κ3) is 8.92. The molecule has 2 atom stereocenters. The Morgan fingerprint density at radius 1 is 0.867 bits per heavy atom. The fourth-order valence-electron chi connectivity index (χ4n) is 2.11. The Bertz CT molecular complexity index is 123. The predicted molar refractivity (Wildman–Crippen MR) is 70.3 cm³/mol. The van der Waals surface area contributed by atoms with E-state index in [1.54, 1.807) is 0 Å². The fourth-order valence-corrected chi connectivity index (χ4v) is 2.11. The highest BCUT2D eigenvalue weighted by Gasteiger charge is 2.08. The van der Waals surface area contributed by atoms with Crippen molar-refractivity contribution >= 4 is 0 Å². The van der Waals surface area contributed by atoms with Gasteiger partial charge < -0.3 is 5.32 Å². The summed E-state index contributed by atoms with van der Waals surface area (Å²) in [6.45, 7) is 10.4. The lowest BCUT2D eigenvalue weighted by molar-refractivity contribution is 0.386. The van der Waals surface area contributed by atoms with Gasteiger partial charge >= 0.3 is 0 Å². The van der Waals surface area contributed by atoms with E-state index in [9.17, 15) is 0 Å². The maximum atomic E-state index is 3.74. The highest BCUT2D eigenvalue weighted by molar-refractivity contribution is 4.68. The first-order chi connectivity index (χ1) is 7.24. The molecule has 0 heterocycles. The standard InChI is InChI=1S/C14H31N/c1-5-8-11-14(10-7-3)15-12-13(4)9-6-2/h13-15H,5-12H2,1-4H3. The van der Waals surface area contributed by atoms with Gasteiger partial charge in [0.25, 0.3) is 0 Å². The summed E-state index contributed by atoms with van der Waals surface area (Å²) in [7, 11) is 0. The molecule has 0 saturated carbocycles. The summed E-state index contributed by atoms with van der Waals surface area (Å²) in [5, 5.41) is 3.74. The molecule has 0 spiro atoms. The van der Waals surface area contributed by atoms with Gasteiger partial charge in [-0.3, -0.25) is 0 Å². The van der Waals surface area contributed by atoms with E-state index in [0.29, 0.717) is 0 Å². The van der Waals surface area contributed by atoms with Crippen molar-refractivity contribution in [2.45, 2.75) is 78.7 Å². The summed E-state index contributed by atoms with van der Waals surface area (Å²) >= 11 is 0. The van der Waals surface area contributed by atoms with Gasteiger partial charge in [-0.05, 0) is 31.7 Å². The van der Waals surface area contributed by atoms with Crippen molar-refractivity contribution in [1.29, 1.82) is 0 Å². The second-order valence-electron chi connectivity index (χ2n) is 4.93. The van der Waals surface area contributed by atoms with Crippen LogP contribution < -0.4 is 5.32 Å². The fraction of sp³-hybridized carbons (Fsp3) is 1.00. The smallest absolute Gasteiger partial charge is 0.00670 e. The van der Waals surface area contributed by atoms with E-state index in [1.165, 1.54) is 51.5 Å². The summed E-state index contributed by atoms with van der Waals surface area (Å²) in [6.07, 6.45) is 9.40. The molecule has 1 nitrogen and oxygen atoms in total. The van der Waals surface area contributed by atoms with Crippen LogP contribution in [0.4, 0.5) is 0 Å². The Kier molecular flexibility index (Phi) is 10.4. The van der Waals surface area contributed by atoms with Crippen molar-refractivity contribution in [1.82, 2.24) is 5.32 Å². The summed E-state index contributed by atoms with van der Waals surface area (Å²) in [6, 6.07) is 0.772. The minimum Gasteiger partial charge on any atom is -0.314 e. The molecule has 0 rings (SSSR count). The molecule has 15 heavy (non-hydrogen) atoms. The number of nitrogens with one attached hydrogen (secondary N) is 1. The van der Waals surface area contributed by atoms with Crippen molar-refractivity contribution in [3.8, 4) is 0 Å². The molecule has 1 N–H and O–H groups in total. The molecule has 0 amide bonds. The molecule has 92 valence electrons. The van der Waals surface area contributed by atoms with Gasteiger partial charge in [0, 0.05) is 6.04 Å². The molecule has 0 aromatic carbocycles. The first kappa shape index (κ1) is 15.0. The molecule has 0 fully saturated rings. The van der Waals surface area contributed by atoms with Crippen LogP contribution >= 0.6 is 0 Å². The predicted octanol–water partition coefficient (Wildman–Crippen LogP) is 4.37. The van der Waals surface area contributed by atoms with Crippen LogP contribution in [0.1, 0.15) is 72.6 Å². The first-order valence-electron chi connectivity index (χ1n) is 6.97. The average Bonchev–Trinajstić information content (AvgIpc) is 2.22. The molecular formula is C14H31N. The van der Waals surface area contributed by atoms with Crippen molar-refractivity contribution in [2.75, 3.05) is 6.54 Å². The minimum atomic E-state index is 0.772. The van der Waals surface area contributed by atoms with Crippen molar-refractivity contribution in [2.24, 2.45) is 5.92 Å². The Balaban J connectivity index is 3.63. The van der Waals surface area contributed by atoms with Gasteiger partial charge in [0.05, 0.1) is 0 Å². The highest BCUT2D eigenvalue weighted by atomic mass is 14.9. The van der Waals surface area contributed by atoms with E-state index < -0.39 is 0 Å². The Morgan fingerprint density at radius 3 is 2.07 bits per heavy atom. The molecule has 0 aliphatic heterocycles. The molecule has 0 saturated heterocycles. The van der Waals surface area contributed by atoms with Crippen LogP contribution in [0, 0.1) is 5.92 Å². The van der Waals surface area contributed by atoms with Crippen LogP contribution in [0.5, 0.6) is 0 Å². The third-order valence-corrected chi connectivity index (χ3v) is 3.08. The molecule has 0 aromatic rings. The van der Waals surface area contributed by atoms with Crippen LogP contribution in [0.15, 0.2) is 0 Å². The number of hydrogen-bond donors (Lipinski definition) is 1. The third-order valence-electron chi connectivity index (χ3n) is 3.08. The zero-order valence-corrected chi connectivity index (χ0v) is 11.3. The van der Waals surface area contributed by atoms with E-state index in [2.05, 4.69) is 33.0 Å². The summed E-state index contributed by atoms with van der Waals surface area (Å²) < 4.78 is 0. The molecular weight excluding hydrogens is 182 g/mol. The maximum absolute atomic E-state index is 3.74. The Hall–Kier alpha value is -0.0400. The number of unbranched alkanes of at least 4 members (excludes halogenated alkanes) is 1. The largest absolute Gasteiger partial charge is 0.314 e. The van der Waals surface area contributed by atoms with E-state index in [4.69, 9.17) is 0 Å². The van der Waals surface area contributed by atoms with Gasteiger partial charge in [-0.15, -0.1) is 0 Å². The van der Waals surface area contributed by atoms with Gasteiger partial charge in [-0.25, -0.2) is 0 Å². The lowest BCUT2D eigenvalue weighted by Gasteiger charge is -2.20. The van der Waals surface area contributed by atoms with Crippen molar-refractivity contribution < 1.29 is 0 Å². The normalized spacial score (nSPS) is 15.2. The lowest BCUT2D eigenvalue weighted by atomic mass is 10.0. The quantitative estimate of drug-likeness (QED) is 0.568. The molecule has 0 aliphatic carbocycles. The molecule has 0 radical (unpaired) electrons. The van der Waals surface area contributed by atoms with Crippen molar-refractivity contribution in [3.63, 3.8) is 0 Å². The number of rotatable bonds is 10. The molecule has 0 bridgehead atoms. The van der Waals surface area contributed by atoms with E-state index in [0.717, 1.165) is 12.0 Å². The van der Waals surface area contributed by atoms with Gasteiger partial charge in [0.2, 0.25) is 0 Å². The van der Waals surface area contributed by atoms with Gasteiger partial charge in [-0.1, -0.05) is 53.4 Å². The summed E-state index contributed by atoms with van der Waals surface area (Å²) in [5.41, 5.74) is 0. The zero-order valence-electron chi connectivity index (χ0n) is 11.3. The second-order valence-corrected chi connectivity index (χ2v) is 4.93. The number of hydrogen-bond acceptors (Lipinski definition) is 1. The second kappa shape index (κ2) is 10.5. The average molecular weight is 213 g/mol. The summed E-state index contributed by atoms with van der Waals surface area (Å²) in [5.74, 6) is 0.844. The van der Waals surface area contributed by atoms with Crippen molar-refractivity contribution in [3.05, 3.63) is 0 Å². The lowest BCUT2D eigenvalue weighted by Crippen LogP contribution is -2.32. The van der Waals surface area contributed by atoms with E-state index >= 15 is 0 Å².